The molecule has 1 atom stereocenters. The van der Waals surface area contributed by atoms with Gasteiger partial charge in [0.1, 0.15) is 5.82 Å². The highest BCUT2D eigenvalue weighted by molar-refractivity contribution is 9.10. The summed E-state index contributed by atoms with van der Waals surface area (Å²) in [4.78, 5) is 10.3. The Kier molecular flexibility index (Phi) is 3.46. The molecule has 0 aliphatic carbocycles. The van der Waals surface area contributed by atoms with Gasteiger partial charge in [-0.15, -0.1) is 0 Å². The Morgan fingerprint density at radius 3 is 2.71 bits per heavy atom. The van der Waals surface area contributed by atoms with Gasteiger partial charge >= 0.3 is 6.09 Å². The van der Waals surface area contributed by atoms with E-state index in [0.717, 1.165) is 0 Å². The van der Waals surface area contributed by atoms with Crippen molar-refractivity contribution in [2.24, 2.45) is 0 Å². The molecule has 1 rings (SSSR count). The van der Waals surface area contributed by atoms with E-state index in [0.29, 0.717) is 10.0 Å². The molecule has 3 nitrogen and oxygen atoms in total. The van der Waals surface area contributed by atoms with E-state index in [4.69, 9.17) is 5.11 Å². The van der Waals surface area contributed by atoms with Crippen molar-refractivity contribution >= 4 is 22.0 Å². The van der Waals surface area contributed by atoms with Gasteiger partial charge in [0.15, 0.2) is 0 Å². The second-order valence-electron chi connectivity index (χ2n) is 2.87. The average molecular weight is 262 g/mol. The molecule has 0 aromatic heterocycles. The zero-order chi connectivity index (χ0) is 10.7. The molecule has 1 unspecified atom stereocenters. The highest BCUT2D eigenvalue weighted by atomic mass is 79.9. The van der Waals surface area contributed by atoms with Crippen LogP contribution in [0.25, 0.3) is 0 Å². The Morgan fingerprint density at radius 2 is 2.21 bits per heavy atom. The summed E-state index contributed by atoms with van der Waals surface area (Å²) in [5.41, 5.74) is 0.583. The first-order valence-corrected chi connectivity index (χ1v) is 4.74. The van der Waals surface area contributed by atoms with Crippen molar-refractivity contribution in [2.45, 2.75) is 13.0 Å². The predicted molar refractivity (Wildman–Crippen MR) is 53.7 cm³/mol. The fourth-order valence-corrected chi connectivity index (χ4v) is 1.58. The summed E-state index contributed by atoms with van der Waals surface area (Å²) in [7, 11) is 0. The Morgan fingerprint density at radius 1 is 1.57 bits per heavy atom. The van der Waals surface area contributed by atoms with Crippen LogP contribution in [0.3, 0.4) is 0 Å². The molecule has 14 heavy (non-hydrogen) atoms. The van der Waals surface area contributed by atoms with Gasteiger partial charge in [0.05, 0.1) is 6.04 Å². The topological polar surface area (TPSA) is 49.3 Å². The van der Waals surface area contributed by atoms with Crippen LogP contribution < -0.4 is 5.32 Å². The third-order valence-corrected chi connectivity index (χ3v) is 2.18. The molecule has 1 aromatic carbocycles. The van der Waals surface area contributed by atoms with Crippen LogP contribution in [0.2, 0.25) is 0 Å². The standard InChI is InChI=1S/C9H9BrFNO2/c1-5(12-9(13)14)6-2-7(10)4-8(11)3-6/h2-5,12H,1H3,(H,13,14). The average Bonchev–Trinajstić information content (AvgIpc) is 2.00. The first-order valence-electron chi connectivity index (χ1n) is 3.94. The van der Waals surface area contributed by atoms with Gasteiger partial charge < -0.3 is 10.4 Å². The molecular weight excluding hydrogens is 253 g/mol. The molecule has 1 aromatic rings. The molecule has 2 N–H and O–H groups in total. The minimum atomic E-state index is -1.13. The first kappa shape index (κ1) is 11.0. The summed E-state index contributed by atoms with van der Waals surface area (Å²) in [5.74, 6) is -0.395. The van der Waals surface area contributed by atoms with Crippen molar-refractivity contribution in [3.63, 3.8) is 0 Å². The molecule has 0 saturated heterocycles. The van der Waals surface area contributed by atoms with Crippen molar-refractivity contribution in [2.75, 3.05) is 0 Å². The number of amides is 1. The number of carboxylic acid groups (broad SMARTS) is 1. The SMILES string of the molecule is CC(NC(=O)O)c1cc(F)cc(Br)c1. The van der Waals surface area contributed by atoms with Crippen LogP contribution in [0.4, 0.5) is 9.18 Å². The number of halogens is 2. The van der Waals surface area contributed by atoms with E-state index in [1.54, 1.807) is 13.0 Å². The quantitative estimate of drug-likeness (QED) is 0.860. The van der Waals surface area contributed by atoms with Crippen molar-refractivity contribution in [1.82, 2.24) is 5.32 Å². The van der Waals surface area contributed by atoms with Crippen LogP contribution in [-0.2, 0) is 0 Å². The lowest BCUT2D eigenvalue weighted by molar-refractivity contribution is 0.191. The number of hydrogen-bond acceptors (Lipinski definition) is 1. The number of benzene rings is 1. The summed E-state index contributed by atoms with van der Waals surface area (Å²) >= 11 is 3.13. The lowest BCUT2D eigenvalue weighted by Gasteiger charge is -2.11. The zero-order valence-corrected chi connectivity index (χ0v) is 9.01. The Bertz CT molecular complexity index is 336. The predicted octanol–water partition coefficient (Wildman–Crippen LogP) is 2.92. The second kappa shape index (κ2) is 4.41. The molecule has 0 aliphatic rings. The minimum absolute atomic E-state index is 0.395. The van der Waals surface area contributed by atoms with Gasteiger partial charge in [0.25, 0.3) is 0 Å². The van der Waals surface area contributed by atoms with Gasteiger partial charge in [-0.2, -0.15) is 0 Å². The molecule has 0 aliphatic heterocycles. The van der Waals surface area contributed by atoms with Gasteiger partial charge in [0.2, 0.25) is 0 Å². The molecule has 0 saturated carbocycles. The Hall–Kier alpha value is -1.10. The largest absolute Gasteiger partial charge is 0.465 e. The van der Waals surface area contributed by atoms with Crippen LogP contribution in [0.15, 0.2) is 22.7 Å². The van der Waals surface area contributed by atoms with E-state index >= 15 is 0 Å². The van der Waals surface area contributed by atoms with Gasteiger partial charge in [-0.1, -0.05) is 15.9 Å². The number of rotatable bonds is 2. The maximum atomic E-state index is 12.9. The van der Waals surface area contributed by atoms with Gasteiger partial charge in [-0.25, -0.2) is 9.18 Å². The Balaban J connectivity index is 2.89. The van der Waals surface area contributed by atoms with Crippen LogP contribution in [0.5, 0.6) is 0 Å². The molecular formula is C9H9BrFNO2. The Labute approximate surface area is 89.1 Å². The molecule has 0 radical (unpaired) electrons. The molecule has 0 fully saturated rings. The van der Waals surface area contributed by atoms with Crippen molar-refractivity contribution in [1.29, 1.82) is 0 Å². The summed E-state index contributed by atoms with van der Waals surface area (Å²) < 4.78 is 13.5. The normalized spacial score (nSPS) is 12.2. The van der Waals surface area contributed by atoms with Crippen LogP contribution in [0, 0.1) is 5.82 Å². The van der Waals surface area contributed by atoms with E-state index < -0.39 is 18.0 Å². The molecule has 76 valence electrons. The zero-order valence-electron chi connectivity index (χ0n) is 7.42. The molecule has 0 heterocycles. The summed E-state index contributed by atoms with van der Waals surface area (Å²) in [6, 6.07) is 3.85. The summed E-state index contributed by atoms with van der Waals surface area (Å²) in [5, 5.41) is 10.7. The fourth-order valence-electron chi connectivity index (χ4n) is 1.09. The van der Waals surface area contributed by atoms with E-state index in [1.165, 1.54) is 12.1 Å². The first-order chi connectivity index (χ1) is 6.49. The van der Waals surface area contributed by atoms with Crippen LogP contribution in [0.1, 0.15) is 18.5 Å². The van der Waals surface area contributed by atoms with Crippen LogP contribution >= 0.6 is 15.9 Å². The molecule has 1 amide bonds. The second-order valence-corrected chi connectivity index (χ2v) is 3.79. The molecule has 5 heteroatoms. The van der Waals surface area contributed by atoms with Crippen molar-refractivity contribution in [3.05, 3.63) is 34.1 Å². The van der Waals surface area contributed by atoms with Crippen molar-refractivity contribution < 1.29 is 14.3 Å². The van der Waals surface area contributed by atoms with Gasteiger partial charge in [0, 0.05) is 4.47 Å². The maximum absolute atomic E-state index is 12.9. The fraction of sp³-hybridized carbons (Fsp3) is 0.222. The van der Waals surface area contributed by atoms with Gasteiger partial charge in [-0.3, -0.25) is 0 Å². The van der Waals surface area contributed by atoms with E-state index in [9.17, 15) is 9.18 Å². The third kappa shape index (κ3) is 2.99. The van der Waals surface area contributed by atoms with E-state index in [1.807, 2.05) is 0 Å². The highest BCUT2D eigenvalue weighted by Gasteiger charge is 2.09. The number of carbonyl (C=O) groups is 1. The lowest BCUT2D eigenvalue weighted by atomic mass is 10.1. The molecule has 0 bridgehead atoms. The smallest absolute Gasteiger partial charge is 0.405 e. The summed E-state index contributed by atoms with van der Waals surface area (Å²) in [6.07, 6.45) is -1.13. The third-order valence-electron chi connectivity index (χ3n) is 1.72. The van der Waals surface area contributed by atoms with E-state index in [2.05, 4.69) is 21.2 Å². The molecule has 0 spiro atoms. The van der Waals surface area contributed by atoms with Crippen molar-refractivity contribution in [3.8, 4) is 0 Å². The maximum Gasteiger partial charge on any atom is 0.405 e. The van der Waals surface area contributed by atoms with Crippen LogP contribution in [-0.4, -0.2) is 11.2 Å². The van der Waals surface area contributed by atoms with E-state index in [-0.39, 0.29) is 0 Å². The lowest BCUT2D eigenvalue weighted by Crippen LogP contribution is -2.24. The highest BCUT2D eigenvalue weighted by Crippen LogP contribution is 2.19. The monoisotopic (exact) mass is 261 g/mol. The number of nitrogens with one attached hydrogen (secondary N) is 1. The summed E-state index contributed by atoms with van der Waals surface area (Å²) in [6.45, 7) is 1.65. The van der Waals surface area contributed by atoms with Gasteiger partial charge in [-0.05, 0) is 30.7 Å². The number of hydrogen-bond donors (Lipinski definition) is 2. The minimum Gasteiger partial charge on any atom is -0.465 e.